The minimum Gasteiger partial charge on any atom is -0.384 e. The second kappa shape index (κ2) is 17.6. The van der Waals surface area contributed by atoms with Crippen LogP contribution in [0.1, 0.15) is 66.1 Å². The molecule has 13 nitrogen and oxygen atoms in total. The lowest BCUT2D eigenvalue weighted by Crippen LogP contribution is -2.49. The summed E-state index contributed by atoms with van der Waals surface area (Å²) in [5.74, 6) is 0.658. The van der Waals surface area contributed by atoms with Crippen molar-refractivity contribution in [3.8, 4) is 11.1 Å². The molecule has 4 aliphatic heterocycles. The Morgan fingerprint density at radius 3 is 2.33 bits per heavy atom. The standard InChI is InChI=1S/C47H55FN10O3/c1-54-37(27-39-38(12-17-50-45(39)54)35-6-10-43(49)51-28-35)30-55-18-15-33(16-19-55)32-2-4-34(5-3-32)47(61)58-20-13-31(14-21-58)29-56-22-24-57(25-23-56)42-9-7-36(26-40(42)48)52-41-8-11-44(59)53-46(41)60/h2-7,9-10,12,17,26-28,31,33,41,52H,8,11,13-16,18-25,29-30H2,1H3,(H2,49,51)(H,53,59,60). The van der Waals surface area contributed by atoms with Crippen LogP contribution < -0.4 is 21.3 Å². The van der Waals surface area contributed by atoms with Crippen LogP contribution in [-0.4, -0.2) is 112 Å². The number of piperidine rings is 3. The maximum atomic E-state index is 15.2. The predicted octanol–water partition coefficient (Wildman–Crippen LogP) is 5.63. The second-order valence-electron chi connectivity index (χ2n) is 17.3. The summed E-state index contributed by atoms with van der Waals surface area (Å²) in [7, 11) is 2.10. The molecule has 3 aromatic heterocycles. The summed E-state index contributed by atoms with van der Waals surface area (Å²) >= 11 is 0. The topological polar surface area (TPSA) is 145 Å². The molecule has 1 atom stereocenters. The summed E-state index contributed by atoms with van der Waals surface area (Å²) in [5.41, 5.74) is 13.3. The summed E-state index contributed by atoms with van der Waals surface area (Å²) < 4.78 is 17.4. The lowest BCUT2D eigenvalue weighted by Gasteiger charge is -2.39. The lowest BCUT2D eigenvalue weighted by atomic mass is 9.88. The molecule has 61 heavy (non-hydrogen) atoms. The Morgan fingerprint density at radius 2 is 1.62 bits per heavy atom. The van der Waals surface area contributed by atoms with Crippen LogP contribution >= 0.6 is 0 Å². The van der Waals surface area contributed by atoms with Crippen LogP contribution in [0.2, 0.25) is 0 Å². The molecule has 2 aromatic carbocycles. The van der Waals surface area contributed by atoms with Crippen molar-refractivity contribution in [3.63, 3.8) is 0 Å². The van der Waals surface area contributed by atoms with Crippen LogP contribution in [0.25, 0.3) is 22.2 Å². The number of amides is 3. The van der Waals surface area contributed by atoms with Crippen LogP contribution in [0.3, 0.4) is 0 Å². The van der Waals surface area contributed by atoms with Crippen molar-refractivity contribution in [3.05, 3.63) is 102 Å². The van der Waals surface area contributed by atoms with Gasteiger partial charge in [0.05, 0.1) is 5.69 Å². The number of carbonyl (C=O) groups is 3. The monoisotopic (exact) mass is 826 g/mol. The molecule has 0 saturated carbocycles. The number of imide groups is 1. The van der Waals surface area contributed by atoms with Gasteiger partial charge >= 0.3 is 0 Å². The predicted molar refractivity (Wildman–Crippen MR) is 236 cm³/mol. The number of nitrogen functional groups attached to an aromatic ring is 1. The van der Waals surface area contributed by atoms with E-state index in [1.165, 1.54) is 17.3 Å². The van der Waals surface area contributed by atoms with Crippen LogP contribution in [-0.2, 0) is 23.2 Å². The molecule has 4 fully saturated rings. The number of aryl methyl sites for hydroxylation is 1. The molecule has 0 spiro atoms. The first-order valence-electron chi connectivity index (χ1n) is 21.8. The van der Waals surface area contributed by atoms with Gasteiger partial charge in [0.2, 0.25) is 11.8 Å². The summed E-state index contributed by atoms with van der Waals surface area (Å²) in [4.78, 5) is 55.2. The van der Waals surface area contributed by atoms with Gasteiger partial charge in [-0.3, -0.25) is 29.5 Å². The van der Waals surface area contributed by atoms with Gasteiger partial charge in [-0.15, -0.1) is 0 Å². The number of rotatable bonds is 10. The fraction of sp³-hybridized carbons (Fsp3) is 0.426. The molecule has 9 rings (SSSR count). The lowest BCUT2D eigenvalue weighted by molar-refractivity contribution is -0.133. The van der Waals surface area contributed by atoms with E-state index in [9.17, 15) is 14.4 Å². The molecule has 5 aromatic rings. The van der Waals surface area contributed by atoms with Crippen molar-refractivity contribution < 1.29 is 18.8 Å². The first kappa shape index (κ1) is 40.5. The quantitative estimate of drug-likeness (QED) is 0.152. The zero-order valence-electron chi connectivity index (χ0n) is 34.9. The molecule has 0 bridgehead atoms. The minimum absolute atomic E-state index is 0.119. The largest absolute Gasteiger partial charge is 0.384 e. The van der Waals surface area contributed by atoms with E-state index >= 15 is 4.39 Å². The van der Waals surface area contributed by atoms with E-state index in [0.29, 0.717) is 35.4 Å². The average Bonchev–Trinajstić information content (AvgIpc) is 3.60. The summed E-state index contributed by atoms with van der Waals surface area (Å²) in [6.07, 6.45) is 8.46. The highest BCUT2D eigenvalue weighted by Crippen LogP contribution is 2.33. The molecule has 4 aliphatic rings. The van der Waals surface area contributed by atoms with Crippen molar-refractivity contribution in [2.24, 2.45) is 13.0 Å². The Bertz CT molecular complexity index is 2380. The first-order chi connectivity index (χ1) is 29.6. The molecule has 0 radical (unpaired) electrons. The molecule has 7 heterocycles. The van der Waals surface area contributed by atoms with E-state index in [1.807, 2.05) is 47.6 Å². The number of aromatic nitrogens is 3. The van der Waals surface area contributed by atoms with Crippen LogP contribution in [0.4, 0.5) is 21.6 Å². The molecule has 318 valence electrons. The number of nitrogens with zero attached hydrogens (tertiary/aromatic N) is 7. The van der Waals surface area contributed by atoms with Gasteiger partial charge in [0.15, 0.2) is 0 Å². The van der Waals surface area contributed by atoms with E-state index in [0.717, 1.165) is 119 Å². The van der Waals surface area contributed by atoms with Gasteiger partial charge in [-0.1, -0.05) is 12.1 Å². The van der Waals surface area contributed by atoms with Crippen LogP contribution in [0, 0.1) is 11.7 Å². The van der Waals surface area contributed by atoms with Crippen molar-refractivity contribution in [2.45, 2.75) is 57.0 Å². The number of halogens is 1. The maximum Gasteiger partial charge on any atom is 0.253 e. The number of fused-ring (bicyclic) bond motifs is 1. The van der Waals surface area contributed by atoms with Crippen molar-refractivity contribution in [2.75, 3.05) is 74.9 Å². The van der Waals surface area contributed by atoms with Gasteiger partial charge < -0.3 is 25.4 Å². The number of piperazine rings is 1. The maximum absolute atomic E-state index is 15.2. The third-order valence-electron chi connectivity index (χ3n) is 13.4. The fourth-order valence-corrected chi connectivity index (χ4v) is 9.71. The van der Waals surface area contributed by atoms with Gasteiger partial charge in [0.25, 0.3) is 5.91 Å². The van der Waals surface area contributed by atoms with E-state index in [-0.39, 0.29) is 30.0 Å². The van der Waals surface area contributed by atoms with Gasteiger partial charge in [-0.05, 0) is 123 Å². The number of likely N-dealkylation sites (tertiary alicyclic amines) is 2. The molecular formula is C47H55FN10O3. The molecule has 14 heteroatoms. The Hall–Kier alpha value is -5.86. The van der Waals surface area contributed by atoms with Crippen molar-refractivity contribution in [1.82, 2.24) is 34.6 Å². The van der Waals surface area contributed by atoms with Gasteiger partial charge in [0, 0.05) is 106 Å². The molecule has 4 saturated heterocycles. The molecule has 1 unspecified atom stereocenters. The zero-order valence-corrected chi connectivity index (χ0v) is 34.9. The third kappa shape index (κ3) is 8.96. The fourth-order valence-electron chi connectivity index (χ4n) is 9.71. The van der Waals surface area contributed by atoms with E-state index < -0.39 is 6.04 Å². The number of hydrogen-bond acceptors (Lipinski definition) is 10. The normalized spacial score (nSPS) is 20.0. The minimum atomic E-state index is -0.549. The number of benzene rings is 2. The Balaban J connectivity index is 0.706. The number of carbonyl (C=O) groups excluding carboxylic acids is 3. The molecular weight excluding hydrogens is 772 g/mol. The Morgan fingerprint density at radius 1 is 0.852 bits per heavy atom. The highest BCUT2D eigenvalue weighted by atomic mass is 19.1. The second-order valence-corrected chi connectivity index (χ2v) is 17.3. The highest BCUT2D eigenvalue weighted by molar-refractivity contribution is 6.01. The van der Waals surface area contributed by atoms with Crippen LogP contribution in [0.5, 0.6) is 0 Å². The van der Waals surface area contributed by atoms with Crippen LogP contribution in [0.15, 0.2) is 79.1 Å². The number of hydrogen-bond donors (Lipinski definition) is 3. The van der Waals surface area contributed by atoms with Gasteiger partial charge in [-0.25, -0.2) is 14.4 Å². The summed E-state index contributed by atoms with van der Waals surface area (Å²) in [5, 5.41) is 6.51. The zero-order chi connectivity index (χ0) is 42.0. The molecule has 4 N–H and O–H groups in total. The Labute approximate surface area is 356 Å². The van der Waals surface area contributed by atoms with Crippen molar-refractivity contribution in [1.29, 1.82) is 0 Å². The smallest absolute Gasteiger partial charge is 0.253 e. The molecule has 0 aliphatic carbocycles. The highest BCUT2D eigenvalue weighted by Gasteiger charge is 2.29. The number of anilines is 3. The van der Waals surface area contributed by atoms with Gasteiger partial charge in [0.1, 0.15) is 23.3 Å². The Kier molecular flexibility index (Phi) is 11.7. The molecule has 3 amide bonds. The summed E-state index contributed by atoms with van der Waals surface area (Å²) in [6.45, 7) is 8.59. The van der Waals surface area contributed by atoms with E-state index in [4.69, 9.17) is 10.7 Å². The van der Waals surface area contributed by atoms with E-state index in [2.05, 4.69) is 60.1 Å². The third-order valence-corrected chi connectivity index (χ3v) is 13.4. The average molecular weight is 827 g/mol. The number of pyridine rings is 2. The SMILES string of the molecule is Cn1c(CN2CCC(c3ccc(C(=O)N4CCC(CN5CCN(c6ccc(NC7CCC(=O)NC7=O)cc6F)CC5)CC4)cc3)CC2)cc2c(-c3ccc(N)nc3)ccnc21. The van der Waals surface area contributed by atoms with Gasteiger partial charge in [-0.2, -0.15) is 0 Å². The van der Waals surface area contributed by atoms with E-state index in [1.54, 1.807) is 12.1 Å². The summed E-state index contributed by atoms with van der Waals surface area (Å²) in [6, 6.07) is 21.0. The van der Waals surface area contributed by atoms with Crippen molar-refractivity contribution >= 4 is 45.9 Å². The first-order valence-corrected chi connectivity index (χ1v) is 21.8. The number of nitrogens with one attached hydrogen (secondary N) is 2. The number of nitrogens with two attached hydrogens (primary N) is 1.